The van der Waals surface area contributed by atoms with Crippen molar-refractivity contribution in [1.82, 2.24) is 15.1 Å². The van der Waals surface area contributed by atoms with Crippen molar-refractivity contribution in [3.63, 3.8) is 0 Å². The average Bonchev–Trinajstić information content (AvgIpc) is 2.74. The Kier molecular flexibility index (Phi) is 6.87. The molecule has 0 bridgehead atoms. The molecule has 3 aliphatic rings. The van der Waals surface area contributed by atoms with Gasteiger partial charge < -0.3 is 19.9 Å². The van der Waals surface area contributed by atoms with Gasteiger partial charge in [-0.3, -0.25) is 9.69 Å². The Hall–Kier alpha value is -2.28. The Balaban J connectivity index is 1.34. The molecule has 3 saturated heterocycles. The van der Waals surface area contributed by atoms with Gasteiger partial charge in [-0.15, -0.1) is 0 Å². The van der Waals surface area contributed by atoms with Crippen LogP contribution in [0.25, 0.3) is 0 Å². The molecule has 3 fully saturated rings. The van der Waals surface area contributed by atoms with E-state index >= 15 is 0 Å². The average molecular weight is 471 g/mol. The quantitative estimate of drug-likeness (QED) is 0.723. The standard InChI is InChI=1S/C27H42N4O3/c1-25(2,3)34-24(33)30-16-12-27(13-17-30)20-31(19-23(32)28-27)22-8-6-21(7-9-22)18-29-14-10-26(4,5)11-15-29/h6-9H,10-20H2,1-5H3,(H,28,32). The fourth-order valence-electron chi connectivity index (χ4n) is 5.27. The summed E-state index contributed by atoms with van der Waals surface area (Å²) in [5, 5.41) is 3.25. The lowest BCUT2D eigenvalue weighted by Crippen LogP contribution is -2.66. The van der Waals surface area contributed by atoms with Crippen LogP contribution < -0.4 is 10.2 Å². The highest BCUT2D eigenvalue weighted by Gasteiger charge is 2.42. The van der Waals surface area contributed by atoms with Crippen molar-refractivity contribution >= 4 is 17.7 Å². The van der Waals surface area contributed by atoms with E-state index in [2.05, 4.69) is 53.2 Å². The van der Waals surface area contributed by atoms with Crippen LogP contribution >= 0.6 is 0 Å². The van der Waals surface area contributed by atoms with Crippen LogP contribution in [0, 0.1) is 5.41 Å². The molecule has 0 radical (unpaired) electrons. The van der Waals surface area contributed by atoms with Gasteiger partial charge in [0.1, 0.15) is 5.60 Å². The summed E-state index contributed by atoms with van der Waals surface area (Å²) in [6.45, 7) is 16.0. The largest absolute Gasteiger partial charge is 0.444 e. The van der Waals surface area contributed by atoms with Crippen LogP contribution in [0.4, 0.5) is 10.5 Å². The molecule has 0 saturated carbocycles. The van der Waals surface area contributed by atoms with E-state index in [9.17, 15) is 9.59 Å². The lowest BCUT2D eigenvalue weighted by atomic mass is 9.82. The fraction of sp³-hybridized carbons (Fsp3) is 0.704. The summed E-state index contributed by atoms with van der Waals surface area (Å²) in [7, 11) is 0. The van der Waals surface area contributed by atoms with Gasteiger partial charge >= 0.3 is 6.09 Å². The molecule has 3 heterocycles. The molecule has 0 aliphatic carbocycles. The fourth-order valence-corrected chi connectivity index (χ4v) is 5.27. The molecule has 1 spiro atoms. The number of ether oxygens (including phenoxy) is 1. The third kappa shape index (κ3) is 6.23. The predicted octanol–water partition coefficient (Wildman–Crippen LogP) is 4.01. The molecular formula is C27H42N4O3. The number of carbonyl (C=O) groups is 2. The maximum absolute atomic E-state index is 12.6. The van der Waals surface area contributed by atoms with Crippen LogP contribution in [0.3, 0.4) is 0 Å². The zero-order valence-electron chi connectivity index (χ0n) is 21.7. The molecular weight excluding hydrogens is 428 g/mol. The molecule has 2 amide bonds. The van der Waals surface area contributed by atoms with Crippen molar-refractivity contribution in [3.05, 3.63) is 29.8 Å². The van der Waals surface area contributed by atoms with Crippen molar-refractivity contribution in [2.45, 2.75) is 78.0 Å². The Morgan fingerprint density at radius 1 is 1.00 bits per heavy atom. The zero-order chi connectivity index (χ0) is 24.6. The van der Waals surface area contributed by atoms with Crippen LogP contribution in [-0.2, 0) is 16.1 Å². The number of likely N-dealkylation sites (tertiary alicyclic amines) is 2. The molecule has 0 aromatic heterocycles. The third-order valence-electron chi connectivity index (χ3n) is 7.52. The number of benzene rings is 1. The van der Waals surface area contributed by atoms with Crippen molar-refractivity contribution < 1.29 is 14.3 Å². The molecule has 3 aliphatic heterocycles. The molecule has 1 aromatic rings. The first-order valence-corrected chi connectivity index (χ1v) is 12.8. The molecule has 34 heavy (non-hydrogen) atoms. The Bertz CT molecular complexity index is 872. The van der Waals surface area contributed by atoms with Gasteiger partial charge in [-0.05, 0) is 82.7 Å². The highest BCUT2D eigenvalue weighted by atomic mass is 16.6. The van der Waals surface area contributed by atoms with Crippen molar-refractivity contribution in [2.24, 2.45) is 5.41 Å². The maximum atomic E-state index is 12.6. The van der Waals surface area contributed by atoms with Gasteiger partial charge in [0.15, 0.2) is 0 Å². The van der Waals surface area contributed by atoms with Crippen LogP contribution in [0.1, 0.15) is 65.9 Å². The smallest absolute Gasteiger partial charge is 0.410 e. The first-order chi connectivity index (χ1) is 15.9. The first-order valence-electron chi connectivity index (χ1n) is 12.8. The van der Waals surface area contributed by atoms with E-state index in [1.165, 1.54) is 18.4 Å². The highest BCUT2D eigenvalue weighted by molar-refractivity contribution is 5.84. The minimum absolute atomic E-state index is 0.0528. The van der Waals surface area contributed by atoms with Crippen LogP contribution in [0.15, 0.2) is 24.3 Å². The van der Waals surface area contributed by atoms with E-state index < -0.39 is 5.60 Å². The molecule has 1 aromatic carbocycles. The van der Waals surface area contributed by atoms with Gasteiger partial charge in [0.25, 0.3) is 0 Å². The number of carbonyl (C=O) groups excluding carboxylic acids is 2. The summed E-state index contributed by atoms with van der Waals surface area (Å²) in [6, 6.07) is 8.73. The zero-order valence-corrected chi connectivity index (χ0v) is 21.7. The summed E-state index contributed by atoms with van der Waals surface area (Å²) in [5.41, 5.74) is 2.08. The van der Waals surface area contributed by atoms with Crippen LogP contribution in [-0.4, -0.2) is 72.2 Å². The van der Waals surface area contributed by atoms with E-state index in [1.54, 1.807) is 4.90 Å². The van der Waals surface area contributed by atoms with Gasteiger partial charge in [0, 0.05) is 31.9 Å². The van der Waals surface area contributed by atoms with Crippen molar-refractivity contribution in [2.75, 3.05) is 44.2 Å². The van der Waals surface area contributed by atoms with Crippen molar-refractivity contribution in [3.8, 4) is 0 Å². The summed E-state index contributed by atoms with van der Waals surface area (Å²) in [5.74, 6) is 0.0528. The molecule has 0 unspecified atom stereocenters. The number of nitrogens with one attached hydrogen (secondary N) is 1. The molecule has 0 atom stereocenters. The number of anilines is 1. The summed E-state index contributed by atoms with van der Waals surface area (Å²) < 4.78 is 5.53. The second-order valence-electron chi connectivity index (χ2n) is 12.3. The van der Waals surface area contributed by atoms with Gasteiger partial charge in [0.05, 0.1) is 12.1 Å². The number of amides is 2. The molecule has 7 nitrogen and oxygen atoms in total. The number of nitrogens with zero attached hydrogens (tertiary/aromatic N) is 3. The van der Waals surface area contributed by atoms with E-state index in [0.717, 1.165) is 44.7 Å². The number of rotatable bonds is 3. The van der Waals surface area contributed by atoms with Gasteiger partial charge in [-0.1, -0.05) is 26.0 Å². The van der Waals surface area contributed by atoms with Crippen LogP contribution in [0.5, 0.6) is 0 Å². The summed E-state index contributed by atoms with van der Waals surface area (Å²) >= 11 is 0. The molecule has 7 heteroatoms. The van der Waals surface area contributed by atoms with Gasteiger partial charge in [-0.25, -0.2) is 4.79 Å². The Labute approximate surface area is 204 Å². The number of hydrogen-bond donors (Lipinski definition) is 1. The monoisotopic (exact) mass is 470 g/mol. The van der Waals surface area contributed by atoms with Gasteiger partial charge in [0.2, 0.25) is 5.91 Å². The predicted molar refractivity (Wildman–Crippen MR) is 135 cm³/mol. The van der Waals surface area contributed by atoms with E-state index in [1.807, 2.05) is 20.8 Å². The SMILES string of the molecule is CC1(C)CCN(Cc2ccc(N3CC(=O)NC4(CCN(C(=O)OC(C)(C)C)CC4)C3)cc2)CC1. The Morgan fingerprint density at radius 2 is 1.62 bits per heavy atom. The minimum Gasteiger partial charge on any atom is -0.444 e. The number of hydrogen-bond acceptors (Lipinski definition) is 5. The third-order valence-corrected chi connectivity index (χ3v) is 7.52. The summed E-state index contributed by atoms with van der Waals surface area (Å²) in [6.07, 6.45) is 3.70. The Morgan fingerprint density at radius 3 is 2.21 bits per heavy atom. The number of piperidine rings is 2. The second kappa shape index (κ2) is 9.40. The molecule has 188 valence electrons. The van der Waals surface area contributed by atoms with E-state index in [0.29, 0.717) is 25.0 Å². The lowest BCUT2D eigenvalue weighted by molar-refractivity contribution is -0.123. The molecule has 1 N–H and O–H groups in total. The summed E-state index contributed by atoms with van der Waals surface area (Å²) in [4.78, 5) is 31.6. The minimum atomic E-state index is -0.501. The molecule has 4 rings (SSSR count). The maximum Gasteiger partial charge on any atom is 0.410 e. The van der Waals surface area contributed by atoms with E-state index in [-0.39, 0.29) is 17.5 Å². The number of piperazine rings is 1. The highest BCUT2D eigenvalue weighted by Crippen LogP contribution is 2.32. The van der Waals surface area contributed by atoms with Gasteiger partial charge in [-0.2, -0.15) is 0 Å². The van der Waals surface area contributed by atoms with Crippen molar-refractivity contribution in [1.29, 1.82) is 0 Å². The van der Waals surface area contributed by atoms with Crippen LogP contribution in [0.2, 0.25) is 0 Å². The lowest BCUT2D eigenvalue weighted by Gasteiger charge is -2.48. The topological polar surface area (TPSA) is 65.1 Å². The second-order valence-corrected chi connectivity index (χ2v) is 12.3. The normalized spacial score (nSPS) is 23.0. The first kappa shape index (κ1) is 24.8. The van der Waals surface area contributed by atoms with E-state index in [4.69, 9.17) is 4.74 Å².